The molecule has 3 unspecified atom stereocenters. The van der Waals surface area contributed by atoms with Crippen LogP contribution in [0, 0.1) is 11.7 Å². The maximum Gasteiger partial charge on any atom is 0.416 e. The van der Waals surface area contributed by atoms with Gasteiger partial charge in [0.1, 0.15) is 17.2 Å². The number of hydrogen-bond donors (Lipinski definition) is 0. The standard InChI is InChI=1S/C21H12BrF10NO2/c1-35-17(34)15-16(9-2-3-14(23)13(22)4-9)33-8-18(15,21(30,31)32)10-5-11(19(24,25)26)7-12(6-10)20(27,28)29/h2-8,15-16H,1H3. The van der Waals surface area contributed by atoms with Crippen LogP contribution in [0.3, 0.4) is 0 Å². The van der Waals surface area contributed by atoms with E-state index < -0.39 is 64.4 Å². The van der Waals surface area contributed by atoms with Gasteiger partial charge in [0.25, 0.3) is 0 Å². The van der Waals surface area contributed by atoms with Crippen molar-refractivity contribution in [3.05, 3.63) is 68.9 Å². The van der Waals surface area contributed by atoms with Crippen molar-refractivity contribution >= 4 is 28.1 Å². The number of ether oxygens (including phenoxy) is 1. The second-order valence-corrected chi connectivity index (χ2v) is 8.41. The van der Waals surface area contributed by atoms with Crippen LogP contribution in [0.5, 0.6) is 0 Å². The first-order chi connectivity index (χ1) is 15.9. The maximum absolute atomic E-state index is 14.6. The molecule has 0 fully saturated rings. The fourth-order valence-electron chi connectivity index (χ4n) is 3.89. The van der Waals surface area contributed by atoms with Crippen molar-refractivity contribution < 1.29 is 53.4 Å². The molecular formula is C21H12BrF10NO2. The number of esters is 1. The van der Waals surface area contributed by atoms with E-state index in [-0.39, 0.29) is 34.4 Å². The molecule has 0 saturated carbocycles. The van der Waals surface area contributed by atoms with Gasteiger partial charge in [0.2, 0.25) is 0 Å². The number of alkyl halides is 9. The first-order valence-corrected chi connectivity index (χ1v) is 10.2. The van der Waals surface area contributed by atoms with E-state index in [1.165, 1.54) is 0 Å². The van der Waals surface area contributed by atoms with Gasteiger partial charge in [-0.05, 0) is 57.4 Å². The smallest absolute Gasteiger partial charge is 0.416 e. The third-order valence-electron chi connectivity index (χ3n) is 5.52. The highest BCUT2D eigenvalue weighted by Gasteiger charge is 2.67. The number of aliphatic imine (C=N–C) groups is 1. The molecule has 0 aliphatic carbocycles. The summed E-state index contributed by atoms with van der Waals surface area (Å²) in [5.41, 5.74) is -9.41. The fourth-order valence-corrected chi connectivity index (χ4v) is 4.29. The van der Waals surface area contributed by atoms with Crippen LogP contribution in [-0.2, 0) is 27.3 Å². The minimum atomic E-state index is -5.60. The highest BCUT2D eigenvalue weighted by atomic mass is 79.9. The Morgan fingerprint density at radius 1 is 0.943 bits per heavy atom. The summed E-state index contributed by atoms with van der Waals surface area (Å²) in [6.07, 6.45) is -16.4. The summed E-state index contributed by atoms with van der Waals surface area (Å²) in [4.78, 5) is 16.3. The fraction of sp³-hybridized carbons (Fsp3) is 0.333. The average molecular weight is 580 g/mol. The summed E-state index contributed by atoms with van der Waals surface area (Å²) < 4.78 is 142. The lowest BCUT2D eigenvalue weighted by atomic mass is 9.68. The molecule has 14 heteroatoms. The third-order valence-corrected chi connectivity index (χ3v) is 6.13. The van der Waals surface area contributed by atoms with Gasteiger partial charge in [0, 0.05) is 6.21 Å². The monoisotopic (exact) mass is 579 g/mol. The molecule has 3 nitrogen and oxygen atoms in total. The highest BCUT2D eigenvalue weighted by molar-refractivity contribution is 9.10. The number of nitrogens with zero attached hydrogens (tertiary/aromatic N) is 1. The Bertz CT molecular complexity index is 1140. The normalized spacial score (nSPS) is 23.0. The lowest BCUT2D eigenvalue weighted by Crippen LogP contribution is -2.52. The van der Waals surface area contributed by atoms with Crippen molar-refractivity contribution in [2.45, 2.75) is 30.0 Å². The number of carbonyl (C=O) groups excluding carboxylic acids is 1. The van der Waals surface area contributed by atoms with Gasteiger partial charge in [-0.15, -0.1) is 0 Å². The van der Waals surface area contributed by atoms with Gasteiger partial charge in [-0.25, -0.2) is 4.39 Å². The maximum atomic E-state index is 14.6. The van der Waals surface area contributed by atoms with E-state index in [0.717, 1.165) is 18.2 Å². The number of carbonyl (C=O) groups is 1. The van der Waals surface area contributed by atoms with Crippen LogP contribution in [0.4, 0.5) is 43.9 Å². The van der Waals surface area contributed by atoms with E-state index in [1.807, 2.05) is 0 Å². The summed E-state index contributed by atoms with van der Waals surface area (Å²) in [7, 11) is 0.701. The Morgan fingerprint density at radius 3 is 1.91 bits per heavy atom. The Morgan fingerprint density at radius 2 is 1.49 bits per heavy atom. The lowest BCUT2D eigenvalue weighted by molar-refractivity contribution is -0.192. The molecule has 0 N–H and O–H groups in total. The number of hydrogen-bond acceptors (Lipinski definition) is 3. The summed E-state index contributed by atoms with van der Waals surface area (Å²) in [6, 6.07) is 0.501. The Kier molecular flexibility index (Phi) is 6.77. The predicted octanol–water partition coefficient (Wildman–Crippen LogP) is 7.04. The zero-order chi connectivity index (χ0) is 26.6. The Labute approximate surface area is 198 Å². The Balaban J connectivity index is 2.37. The van der Waals surface area contributed by atoms with Gasteiger partial charge in [-0.3, -0.25) is 9.79 Å². The quantitative estimate of drug-likeness (QED) is 0.289. The first kappa shape index (κ1) is 27.0. The molecule has 3 rings (SSSR count). The van der Waals surface area contributed by atoms with Gasteiger partial charge >= 0.3 is 24.5 Å². The topological polar surface area (TPSA) is 38.7 Å². The SMILES string of the molecule is COC(=O)C1C(c2ccc(F)c(Br)c2)N=CC1(c1cc(C(F)(F)F)cc(C(F)(F)F)c1)C(F)(F)F. The summed E-state index contributed by atoms with van der Waals surface area (Å²) in [5.74, 6) is -4.88. The van der Waals surface area contributed by atoms with Crippen molar-refractivity contribution in [3.8, 4) is 0 Å². The highest BCUT2D eigenvalue weighted by Crippen LogP contribution is 2.55. The van der Waals surface area contributed by atoms with Crippen molar-refractivity contribution in [1.29, 1.82) is 0 Å². The number of halogens is 11. The van der Waals surface area contributed by atoms with Crippen molar-refractivity contribution in [1.82, 2.24) is 0 Å². The molecule has 1 aliphatic rings. The van der Waals surface area contributed by atoms with E-state index in [4.69, 9.17) is 0 Å². The van der Waals surface area contributed by atoms with Gasteiger partial charge in [-0.2, -0.15) is 39.5 Å². The van der Waals surface area contributed by atoms with Crippen molar-refractivity contribution in [3.63, 3.8) is 0 Å². The number of benzene rings is 2. The van der Waals surface area contributed by atoms with Gasteiger partial charge in [0.05, 0.1) is 28.8 Å². The van der Waals surface area contributed by atoms with Crippen LogP contribution >= 0.6 is 15.9 Å². The van der Waals surface area contributed by atoms with Crippen LogP contribution in [0.1, 0.15) is 28.3 Å². The Hall–Kier alpha value is -2.64. The molecule has 0 amide bonds. The summed E-state index contributed by atoms with van der Waals surface area (Å²) in [5, 5.41) is 0. The van der Waals surface area contributed by atoms with Crippen LogP contribution in [0.15, 0.2) is 45.9 Å². The van der Waals surface area contributed by atoms with Crippen LogP contribution in [0.25, 0.3) is 0 Å². The largest absolute Gasteiger partial charge is 0.469 e. The molecule has 2 aromatic rings. The van der Waals surface area contributed by atoms with Crippen LogP contribution in [0.2, 0.25) is 0 Å². The molecule has 1 heterocycles. The van der Waals surface area contributed by atoms with E-state index in [0.29, 0.717) is 7.11 Å². The molecule has 190 valence electrons. The second kappa shape index (κ2) is 8.79. The van der Waals surface area contributed by atoms with E-state index in [2.05, 4.69) is 25.7 Å². The van der Waals surface area contributed by atoms with E-state index >= 15 is 0 Å². The number of methoxy groups -OCH3 is 1. The molecule has 2 aromatic carbocycles. The second-order valence-electron chi connectivity index (χ2n) is 7.56. The zero-order valence-corrected chi connectivity index (χ0v) is 18.7. The molecule has 1 aliphatic heterocycles. The van der Waals surface area contributed by atoms with Gasteiger partial charge < -0.3 is 4.74 Å². The van der Waals surface area contributed by atoms with Gasteiger partial charge in [-0.1, -0.05) is 6.07 Å². The lowest BCUT2D eigenvalue weighted by Gasteiger charge is -2.36. The number of rotatable bonds is 3. The minimum absolute atomic E-state index is 0.103. The third kappa shape index (κ3) is 4.76. The van der Waals surface area contributed by atoms with Gasteiger partial charge in [0.15, 0.2) is 0 Å². The molecule has 35 heavy (non-hydrogen) atoms. The van der Waals surface area contributed by atoms with Crippen molar-refractivity contribution in [2.24, 2.45) is 10.9 Å². The molecule has 0 saturated heterocycles. The molecule has 0 bridgehead atoms. The first-order valence-electron chi connectivity index (χ1n) is 9.37. The molecule has 3 atom stereocenters. The summed E-state index contributed by atoms with van der Waals surface area (Å²) >= 11 is 2.83. The minimum Gasteiger partial charge on any atom is -0.469 e. The van der Waals surface area contributed by atoms with E-state index in [1.54, 1.807) is 0 Å². The molecular weight excluding hydrogens is 568 g/mol. The van der Waals surface area contributed by atoms with E-state index in [9.17, 15) is 48.7 Å². The average Bonchev–Trinajstić information content (AvgIpc) is 3.15. The van der Waals surface area contributed by atoms with Crippen molar-refractivity contribution in [2.75, 3.05) is 7.11 Å². The summed E-state index contributed by atoms with van der Waals surface area (Å²) in [6.45, 7) is 0. The predicted molar refractivity (Wildman–Crippen MR) is 105 cm³/mol. The molecule has 0 radical (unpaired) electrons. The molecule has 0 spiro atoms. The zero-order valence-electron chi connectivity index (χ0n) is 17.1. The van der Waals surface area contributed by atoms with Crippen LogP contribution < -0.4 is 0 Å². The van der Waals surface area contributed by atoms with Crippen LogP contribution in [-0.4, -0.2) is 25.5 Å². The molecule has 0 aromatic heterocycles.